The summed E-state index contributed by atoms with van der Waals surface area (Å²) >= 11 is 0. The van der Waals surface area contributed by atoms with Gasteiger partial charge < -0.3 is 15.2 Å². The Morgan fingerprint density at radius 1 is 1.12 bits per heavy atom. The number of anilines is 1. The summed E-state index contributed by atoms with van der Waals surface area (Å²) in [5.41, 5.74) is 6.61. The summed E-state index contributed by atoms with van der Waals surface area (Å²) in [5, 5.41) is 0. The number of rotatable bonds is 4. The highest BCUT2D eigenvalue weighted by Gasteiger charge is 2.12. The molecule has 1 rings (SSSR count). The highest BCUT2D eigenvalue weighted by Crippen LogP contribution is 2.21. The first-order valence-electron chi connectivity index (χ1n) is 5.66. The lowest BCUT2D eigenvalue weighted by molar-refractivity contribution is 0.0377. The van der Waals surface area contributed by atoms with Crippen LogP contribution < -0.4 is 10.5 Å². The van der Waals surface area contributed by atoms with Crippen molar-refractivity contribution in [2.75, 3.05) is 5.73 Å². The van der Waals surface area contributed by atoms with Crippen molar-refractivity contribution >= 4 is 11.7 Å². The second kappa shape index (κ2) is 5.57. The predicted octanol–water partition coefficient (Wildman–Crippen LogP) is 2.62. The third-order valence-corrected chi connectivity index (χ3v) is 1.88. The minimum absolute atomic E-state index is 0.0331. The van der Waals surface area contributed by atoms with Gasteiger partial charge in [0.1, 0.15) is 5.75 Å². The van der Waals surface area contributed by atoms with E-state index < -0.39 is 0 Å². The van der Waals surface area contributed by atoms with Gasteiger partial charge in [-0.15, -0.1) is 0 Å². The monoisotopic (exact) mass is 237 g/mol. The number of carbonyl (C=O) groups is 1. The van der Waals surface area contributed by atoms with Crippen LogP contribution in [0, 0.1) is 0 Å². The Labute approximate surface area is 102 Å². The first kappa shape index (κ1) is 13.4. The summed E-state index contributed by atoms with van der Waals surface area (Å²) in [4.78, 5) is 11.7. The van der Waals surface area contributed by atoms with Crippen LogP contribution in [0.15, 0.2) is 18.2 Å². The maximum Gasteiger partial charge on any atom is 0.338 e. The first-order valence-corrected chi connectivity index (χ1v) is 5.66. The van der Waals surface area contributed by atoms with E-state index in [2.05, 4.69) is 0 Å². The standard InChI is InChI=1S/C13H19NO3/c1-8(2)16-12-6-10(5-11(14)7-12)13(15)17-9(3)4/h5-9H,14H2,1-4H3. The van der Waals surface area contributed by atoms with Crippen molar-refractivity contribution in [3.8, 4) is 5.75 Å². The van der Waals surface area contributed by atoms with E-state index in [4.69, 9.17) is 15.2 Å². The summed E-state index contributed by atoms with van der Waals surface area (Å²) in [7, 11) is 0. The molecule has 0 radical (unpaired) electrons. The summed E-state index contributed by atoms with van der Waals surface area (Å²) in [6.45, 7) is 7.43. The molecule has 1 aromatic carbocycles. The average Bonchev–Trinajstić information content (AvgIpc) is 2.14. The maximum absolute atomic E-state index is 11.7. The molecule has 94 valence electrons. The molecule has 0 aliphatic heterocycles. The fourth-order valence-electron chi connectivity index (χ4n) is 1.36. The van der Waals surface area contributed by atoms with Crippen LogP contribution in [0.1, 0.15) is 38.1 Å². The molecule has 0 heterocycles. The number of ether oxygens (including phenoxy) is 2. The minimum Gasteiger partial charge on any atom is -0.491 e. The van der Waals surface area contributed by atoms with Gasteiger partial charge >= 0.3 is 5.97 Å². The van der Waals surface area contributed by atoms with Crippen molar-refractivity contribution in [1.82, 2.24) is 0 Å². The number of hydrogen-bond donors (Lipinski definition) is 1. The minimum atomic E-state index is -0.388. The molecule has 4 nitrogen and oxygen atoms in total. The molecule has 2 N–H and O–H groups in total. The molecule has 0 amide bonds. The van der Waals surface area contributed by atoms with Crippen molar-refractivity contribution in [3.05, 3.63) is 23.8 Å². The Morgan fingerprint density at radius 3 is 2.29 bits per heavy atom. The van der Waals surface area contributed by atoms with Crippen molar-refractivity contribution < 1.29 is 14.3 Å². The molecule has 4 heteroatoms. The van der Waals surface area contributed by atoms with E-state index in [9.17, 15) is 4.79 Å². The number of benzene rings is 1. The topological polar surface area (TPSA) is 61.5 Å². The number of nitrogen functional groups attached to an aromatic ring is 1. The van der Waals surface area contributed by atoms with Crippen LogP contribution >= 0.6 is 0 Å². The highest BCUT2D eigenvalue weighted by molar-refractivity contribution is 5.91. The molecule has 0 aliphatic rings. The largest absolute Gasteiger partial charge is 0.491 e. The van der Waals surface area contributed by atoms with Crippen molar-refractivity contribution in [1.29, 1.82) is 0 Å². The van der Waals surface area contributed by atoms with E-state index in [1.165, 1.54) is 0 Å². The highest BCUT2D eigenvalue weighted by atomic mass is 16.5. The Bertz CT molecular complexity index is 400. The van der Waals surface area contributed by atoms with E-state index >= 15 is 0 Å². The summed E-state index contributed by atoms with van der Waals surface area (Å²) in [6, 6.07) is 4.91. The molecule has 17 heavy (non-hydrogen) atoms. The van der Waals surface area contributed by atoms with Gasteiger partial charge in [-0.25, -0.2) is 4.79 Å². The van der Waals surface area contributed by atoms with Gasteiger partial charge in [-0.2, -0.15) is 0 Å². The van der Waals surface area contributed by atoms with Crippen LogP contribution in [0.2, 0.25) is 0 Å². The second-order valence-electron chi connectivity index (χ2n) is 4.41. The van der Waals surface area contributed by atoms with Gasteiger partial charge in [0.25, 0.3) is 0 Å². The van der Waals surface area contributed by atoms with Gasteiger partial charge in [0.05, 0.1) is 17.8 Å². The third-order valence-electron chi connectivity index (χ3n) is 1.88. The lowest BCUT2D eigenvalue weighted by Gasteiger charge is -2.13. The lowest BCUT2D eigenvalue weighted by Crippen LogP contribution is -2.13. The number of hydrogen-bond acceptors (Lipinski definition) is 4. The van der Waals surface area contributed by atoms with E-state index in [1.807, 2.05) is 13.8 Å². The molecule has 0 spiro atoms. The molecular formula is C13H19NO3. The normalized spacial score (nSPS) is 10.7. The van der Waals surface area contributed by atoms with E-state index in [-0.39, 0.29) is 18.2 Å². The van der Waals surface area contributed by atoms with E-state index in [0.29, 0.717) is 17.0 Å². The van der Waals surface area contributed by atoms with Crippen LogP contribution in [0.5, 0.6) is 5.75 Å². The van der Waals surface area contributed by atoms with Crippen LogP contribution in [0.4, 0.5) is 5.69 Å². The van der Waals surface area contributed by atoms with Crippen molar-refractivity contribution in [3.63, 3.8) is 0 Å². The van der Waals surface area contributed by atoms with Gasteiger partial charge in [0, 0.05) is 11.8 Å². The zero-order valence-electron chi connectivity index (χ0n) is 10.7. The second-order valence-corrected chi connectivity index (χ2v) is 4.41. The fraction of sp³-hybridized carbons (Fsp3) is 0.462. The molecule has 0 saturated heterocycles. The Balaban J connectivity index is 2.92. The van der Waals surface area contributed by atoms with Crippen LogP contribution in [0.3, 0.4) is 0 Å². The molecule has 0 bridgehead atoms. The summed E-state index contributed by atoms with van der Waals surface area (Å²) in [5.74, 6) is 0.191. The smallest absolute Gasteiger partial charge is 0.338 e. The first-order chi connectivity index (χ1) is 7.88. The average molecular weight is 237 g/mol. The van der Waals surface area contributed by atoms with E-state index in [1.54, 1.807) is 32.0 Å². The molecule has 0 aliphatic carbocycles. The molecule has 0 unspecified atom stereocenters. The van der Waals surface area contributed by atoms with Gasteiger partial charge in [-0.3, -0.25) is 0 Å². The van der Waals surface area contributed by atoms with Gasteiger partial charge in [0.15, 0.2) is 0 Å². The molecule has 0 fully saturated rings. The molecular weight excluding hydrogens is 218 g/mol. The summed E-state index contributed by atoms with van der Waals surface area (Å²) in [6.07, 6.45) is -0.121. The van der Waals surface area contributed by atoms with Gasteiger partial charge in [-0.05, 0) is 39.8 Å². The Morgan fingerprint density at radius 2 is 1.76 bits per heavy atom. The molecule has 0 aromatic heterocycles. The predicted molar refractivity (Wildman–Crippen MR) is 67.2 cm³/mol. The quantitative estimate of drug-likeness (QED) is 0.646. The lowest BCUT2D eigenvalue weighted by atomic mass is 10.2. The Hall–Kier alpha value is -1.71. The van der Waals surface area contributed by atoms with Gasteiger partial charge in [-0.1, -0.05) is 0 Å². The Kier molecular flexibility index (Phi) is 4.37. The summed E-state index contributed by atoms with van der Waals surface area (Å²) < 4.78 is 10.6. The number of nitrogens with two attached hydrogens (primary N) is 1. The fourth-order valence-corrected chi connectivity index (χ4v) is 1.36. The van der Waals surface area contributed by atoms with Crippen molar-refractivity contribution in [2.45, 2.75) is 39.9 Å². The van der Waals surface area contributed by atoms with Crippen molar-refractivity contribution in [2.24, 2.45) is 0 Å². The molecule has 0 saturated carbocycles. The van der Waals surface area contributed by atoms with E-state index in [0.717, 1.165) is 0 Å². The van der Waals surface area contributed by atoms with Crippen LogP contribution in [-0.4, -0.2) is 18.2 Å². The maximum atomic E-state index is 11.7. The number of carbonyl (C=O) groups excluding carboxylic acids is 1. The molecule has 1 aromatic rings. The van der Waals surface area contributed by atoms with Crippen LogP contribution in [0.25, 0.3) is 0 Å². The third kappa shape index (κ3) is 4.34. The zero-order valence-corrected chi connectivity index (χ0v) is 10.7. The zero-order chi connectivity index (χ0) is 13.0. The molecule has 0 atom stereocenters. The number of esters is 1. The SMILES string of the molecule is CC(C)OC(=O)c1cc(N)cc(OC(C)C)c1. The van der Waals surface area contributed by atoms with Crippen LogP contribution in [-0.2, 0) is 4.74 Å². The van der Waals surface area contributed by atoms with Gasteiger partial charge in [0.2, 0.25) is 0 Å².